The van der Waals surface area contributed by atoms with Crippen LogP contribution in [0, 0.1) is 0 Å². The molecule has 1 N–H and O–H groups in total. The molecule has 0 aliphatic carbocycles. The van der Waals surface area contributed by atoms with Gasteiger partial charge in [0.1, 0.15) is 5.69 Å². The molecular weight excluding hydrogens is 392 g/mol. The van der Waals surface area contributed by atoms with E-state index in [0.717, 1.165) is 17.7 Å². The maximum Gasteiger partial charge on any atom is 0.259 e. The van der Waals surface area contributed by atoms with E-state index in [4.69, 9.17) is 9.47 Å². The third-order valence-electron chi connectivity index (χ3n) is 4.92. The number of rotatable bonds is 4. The van der Waals surface area contributed by atoms with Crippen molar-refractivity contribution in [2.45, 2.75) is 6.42 Å². The zero-order chi connectivity index (χ0) is 21.0. The van der Waals surface area contributed by atoms with Crippen molar-refractivity contribution >= 4 is 11.6 Å². The van der Waals surface area contributed by atoms with Crippen LogP contribution >= 0.6 is 0 Å². The van der Waals surface area contributed by atoms with E-state index in [9.17, 15) is 4.79 Å². The van der Waals surface area contributed by atoms with Gasteiger partial charge in [-0.15, -0.1) is 0 Å². The lowest BCUT2D eigenvalue weighted by atomic mass is 10.1. The molecule has 5 rings (SSSR count). The van der Waals surface area contributed by atoms with E-state index < -0.39 is 0 Å². The summed E-state index contributed by atoms with van der Waals surface area (Å²) in [5.74, 6) is 1.04. The number of carbonyl (C=O) groups is 1. The van der Waals surface area contributed by atoms with Gasteiger partial charge in [0.05, 0.1) is 24.5 Å². The van der Waals surface area contributed by atoms with Gasteiger partial charge in [-0.25, -0.2) is 4.68 Å². The molecule has 31 heavy (non-hydrogen) atoms. The van der Waals surface area contributed by atoms with Gasteiger partial charge in [-0.2, -0.15) is 5.10 Å². The third kappa shape index (κ3) is 3.98. The van der Waals surface area contributed by atoms with Crippen LogP contribution in [0.25, 0.3) is 16.9 Å². The minimum absolute atomic E-state index is 0.268. The van der Waals surface area contributed by atoms with E-state index in [-0.39, 0.29) is 5.91 Å². The quantitative estimate of drug-likeness (QED) is 0.539. The Labute approximate surface area is 179 Å². The molecule has 0 unspecified atom stereocenters. The Morgan fingerprint density at radius 3 is 2.61 bits per heavy atom. The summed E-state index contributed by atoms with van der Waals surface area (Å²) in [5.41, 5.74) is 3.26. The van der Waals surface area contributed by atoms with Gasteiger partial charge >= 0.3 is 0 Å². The van der Waals surface area contributed by atoms with Crippen LogP contribution in [0.15, 0.2) is 79.3 Å². The summed E-state index contributed by atoms with van der Waals surface area (Å²) in [5, 5.41) is 7.62. The van der Waals surface area contributed by atoms with Crippen LogP contribution in [-0.2, 0) is 0 Å². The van der Waals surface area contributed by atoms with Gasteiger partial charge in [-0.05, 0) is 36.4 Å². The van der Waals surface area contributed by atoms with Crippen LogP contribution in [0.1, 0.15) is 16.8 Å². The fourth-order valence-corrected chi connectivity index (χ4v) is 3.41. The molecule has 3 heterocycles. The number of benzene rings is 2. The Bertz CT molecular complexity index is 1210. The van der Waals surface area contributed by atoms with Crippen LogP contribution in [0.2, 0.25) is 0 Å². The number of fused-ring (bicyclic) bond motifs is 1. The van der Waals surface area contributed by atoms with Crippen LogP contribution in [0.5, 0.6) is 11.5 Å². The molecule has 0 fully saturated rings. The van der Waals surface area contributed by atoms with Crippen LogP contribution in [0.4, 0.5) is 5.69 Å². The summed E-state index contributed by atoms with van der Waals surface area (Å²) < 4.78 is 13.1. The predicted octanol–water partition coefficient (Wildman–Crippen LogP) is 4.35. The van der Waals surface area contributed by atoms with Crippen molar-refractivity contribution < 1.29 is 14.3 Å². The summed E-state index contributed by atoms with van der Waals surface area (Å²) in [4.78, 5) is 17.4. The van der Waals surface area contributed by atoms with Crippen molar-refractivity contribution in [2.24, 2.45) is 0 Å². The number of aromatic nitrogens is 3. The van der Waals surface area contributed by atoms with Crippen molar-refractivity contribution in [3.8, 4) is 28.4 Å². The highest BCUT2D eigenvalue weighted by molar-refractivity contribution is 6.08. The lowest BCUT2D eigenvalue weighted by Gasteiger charge is -2.10. The van der Waals surface area contributed by atoms with Crippen LogP contribution in [-0.4, -0.2) is 33.9 Å². The highest BCUT2D eigenvalue weighted by Gasteiger charge is 2.20. The first-order valence-electron chi connectivity index (χ1n) is 10.0. The van der Waals surface area contributed by atoms with Crippen molar-refractivity contribution in [3.05, 3.63) is 84.8 Å². The molecule has 0 atom stereocenters. The lowest BCUT2D eigenvalue weighted by Crippen LogP contribution is -2.12. The standard InChI is InChI=1S/C24H20N4O3/c29-24(26-18-9-10-21-22(14-18)31-13-5-12-30-21)20-16-28(19-7-2-1-3-8-19)27-23(20)17-6-4-11-25-15-17/h1-4,6-11,14-16H,5,12-13H2,(H,26,29). The van der Waals surface area contributed by atoms with Gasteiger partial charge in [-0.3, -0.25) is 9.78 Å². The Morgan fingerprint density at radius 1 is 0.968 bits per heavy atom. The highest BCUT2D eigenvalue weighted by atomic mass is 16.5. The topological polar surface area (TPSA) is 78.3 Å². The van der Waals surface area contributed by atoms with E-state index in [1.165, 1.54) is 0 Å². The molecule has 1 aliphatic heterocycles. The lowest BCUT2D eigenvalue weighted by molar-refractivity contribution is 0.102. The van der Waals surface area contributed by atoms with Gasteiger partial charge < -0.3 is 14.8 Å². The summed E-state index contributed by atoms with van der Waals surface area (Å²) in [7, 11) is 0. The number of ether oxygens (including phenoxy) is 2. The monoisotopic (exact) mass is 412 g/mol. The first-order chi connectivity index (χ1) is 15.3. The number of anilines is 1. The molecule has 4 aromatic rings. The molecule has 0 spiro atoms. The molecule has 2 aromatic heterocycles. The summed E-state index contributed by atoms with van der Waals surface area (Å²) in [6.07, 6.45) is 5.94. The third-order valence-corrected chi connectivity index (χ3v) is 4.92. The predicted molar refractivity (Wildman–Crippen MR) is 117 cm³/mol. The summed E-state index contributed by atoms with van der Waals surface area (Å²) >= 11 is 0. The van der Waals surface area contributed by atoms with Gasteiger partial charge in [0.2, 0.25) is 0 Å². The van der Waals surface area contributed by atoms with E-state index >= 15 is 0 Å². The average molecular weight is 412 g/mol. The number of para-hydroxylation sites is 1. The van der Waals surface area contributed by atoms with Crippen LogP contribution < -0.4 is 14.8 Å². The normalized spacial score (nSPS) is 12.8. The minimum Gasteiger partial charge on any atom is -0.490 e. The number of hydrogen-bond acceptors (Lipinski definition) is 5. The van der Waals surface area contributed by atoms with E-state index in [1.807, 2.05) is 48.5 Å². The fraction of sp³-hybridized carbons (Fsp3) is 0.125. The van der Waals surface area contributed by atoms with E-state index in [1.54, 1.807) is 35.4 Å². The number of pyridine rings is 1. The molecule has 1 aliphatic rings. The Morgan fingerprint density at radius 2 is 1.81 bits per heavy atom. The molecule has 2 aromatic carbocycles. The molecule has 7 nitrogen and oxygen atoms in total. The van der Waals surface area contributed by atoms with Gasteiger partial charge in [-0.1, -0.05) is 18.2 Å². The zero-order valence-electron chi connectivity index (χ0n) is 16.7. The Balaban J connectivity index is 1.49. The largest absolute Gasteiger partial charge is 0.490 e. The van der Waals surface area contributed by atoms with Crippen molar-refractivity contribution in [1.29, 1.82) is 0 Å². The van der Waals surface area contributed by atoms with Gasteiger partial charge in [0.25, 0.3) is 5.91 Å². The van der Waals surface area contributed by atoms with Gasteiger partial charge in [0.15, 0.2) is 11.5 Å². The molecule has 154 valence electrons. The molecule has 7 heteroatoms. The average Bonchev–Trinajstić information content (AvgIpc) is 3.14. The molecule has 1 amide bonds. The Kier molecular flexibility index (Phi) is 5.06. The molecule has 0 saturated carbocycles. The smallest absolute Gasteiger partial charge is 0.259 e. The fourth-order valence-electron chi connectivity index (χ4n) is 3.41. The van der Waals surface area contributed by atoms with Crippen molar-refractivity contribution in [1.82, 2.24) is 14.8 Å². The number of nitrogens with zero attached hydrogens (tertiary/aromatic N) is 3. The Hall–Kier alpha value is -4.13. The van der Waals surface area contributed by atoms with E-state index in [0.29, 0.717) is 41.7 Å². The van der Waals surface area contributed by atoms with Crippen LogP contribution in [0.3, 0.4) is 0 Å². The second-order valence-electron chi connectivity index (χ2n) is 7.08. The maximum absolute atomic E-state index is 13.2. The number of nitrogens with one attached hydrogen (secondary N) is 1. The second-order valence-corrected chi connectivity index (χ2v) is 7.08. The minimum atomic E-state index is -0.268. The summed E-state index contributed by atoms with van der Waals surface area (Å²) in [6.45, 7) is 1.20. The van der Waals surface area contributed by atoms with Gasteiger partial charge in [0, 0.05) is 42.3 Å². The molecule has 0 bridgehead atoms. The maximum atomic E-state index is 13.2. The highest BCUT2D eigenvalue weighted by Crippen LogP contribution is 2.33. The molecule has 0 saturated heterocycles. The number of hydrogen-bond donors (Lipinski definition) is 1. The number of amides is 1. The second kappa shape index (κ2) is 8.31. The first-order valence-corrected chi connectivity index (χ1v) is 10.0. The van der Waals surface area contributed by atoms with Crippen molar-refractivity contribution in [3.63, 3.8) is 0 Å². The van der Waals surface area contributed by atoms with E-state index in [2.05, 4.69) is 15.4 Å². The zero-order valence-corrected chi connectivity index (χ0v) is 16.7. The number of carbonyl (C=O) groups excluding carboxylic acids is 1. The first kappa shape index (κ1) is 18.9. The summed E-state index contributed by atoms with van der Waals surface area (Å²) in [6, 6.07) is 18.8. The SMILES string of the molecule is O=C(Nc1ccc2c(c1)OCCCO2)c1cn(-c2ccccc2)nc1-c1cccnc1. The molecular formula is C24H20N4O3. The van der Waals surface area contributed by atoms with Crippen molar-refractivity contribution in [2.75, 3.05) is 18.5 Å². The molecule has 0 radical (unpaired) electrons.